The Kier molecular flexibility index (Phi) is 5.25. The molecule has 4 nitrogen and oxygen atoms in total. The molecule has 0 saturated heterocycles. The van der Waals surface area contributed by atoms with Crippen LogP contribution in [0.2, 0.25) is 0 Å². The summed E-state index contributed by atoms with van der Waals surface area (Å²) in [6.45, 7) is 1.83. The van der Waals surface area contributed by atoms with Crippen molar-refractivity contribution in [3.05, 3.63) is 57.8 Å². The fourth-order valence-electron chi connectivity index (χ4n) is 1.99. The second-order valence-electron chi connectivity index (χ2n) is 4.74. The van der Waals surface area contributed by atoms with E-state index in [-0.39, 0.29) is 24.3 Å². The van der Waals surface area contributed by atoms with Crippen molar-refractivity contribution >= 4 is 23.0 Å². The van der Waals surface area contributed by atoms with Gasteiger partial charge in [-0.15, -0.1) is 11.3 Å². The Bertz CT molecular complexity index is 622. The average molecular weight is 303 g/mol. The lowest BCUT2D eigenvalue weighted by Crippen LogP contribution is -2.34. The van der Waals surface area contributed by atoms with Crippen molar-refractivity contribution < 1.29 is 14.7 Å². The monoisotopic (exact) mass is 303 g/mol. The molecule has 21 heavy (non-hydrogen) atoms. The van der Waals surface area contributed by atoms with E-state index in [1.54, 1.807) is 30.3 Å². The Morgan fingerprint density at radius 3 is 2.52 bits per heavy atom. The maximum absolute atomic E-state index is 12.4. The highest BCUT2D eigenvalue weighted by Gasteiger charge is 2.19. The van der Waals surface area contributed by atoms with Gasteiger partial charge >= 0.3 is 0 Å². The molecule has 0 fully saturated rings. The number of aliphatic hydroxyl groups excluding tert-OH is 1. The van der Waals surface area contributed by atoms with E-state index in [1.807, 2.05) is 18.4 Å². The van der Waals surface area contributed by atoms with Crippen molar-refractivity contribution in [2.45, 2.75) is 19.4 Å². The molecule has 0 bridgehead atoms. The van der Waals surface area contributed by atoms with Crippen LogP contribution < -0.4 is 5.32 Å². The van der Waals surface area contributed by atoms with Gasteiger partial charge in [0.1, 0.15) is 0 Å². The maximum Gasteiger partial charge on any atom is 0.252 e. The molecule has 1 atom stereocenters. The summed E-state index contributed by atoms with van der Waals surface area (Å²) in [5.41, 5.74) is 0.759. The number of rotatable bonds is 6. The number of thiophene rings is 1. The van der Waals surface area contributed by atoms with E-state index < -0.39 is 0 Å². The van der Waals surface area contributed by atoms with Crippen molar-refractivity contribution in [1.82, 2.24) is 5.32 Å². The van der Waals surface area contributed by atoms with Crippen LogP contribution in [-0.4, -0.2) is 29.4 Å². The van der Waals surface area contributed by atoms with Crippen LogP contribution in [0.3, 0.4) is 0 Å². The molecular formula is C16H17NO3S. The highest BCUT2D eigenvalue weighted by molar-refractivity contribution is 7.12. The minimum atomic E-state index is -0.295. The first kappa shape index (κ1) is 15.4. The zero-order chi connectivity index (χ0) is 15.2. The highest BCUT2D eigenvalue weighted by Crippen LogP contribution is 2.18. The van der Waals surface area contributed by atoms with E-state index in [9.17, 15) is 9.59 Å². The van der Waals surface area contributed by atoms with Crippen LogP contribution >= 0.6 is 11.3 Å². The number of amides is 1. The predicted molar refractivity (Wildman–Crippen MR) is 82.8 cm³/mol. The maximum atomic E-state index is 12.4. The van der Waals surface area contributed by atoms with E-state index >= 15 is 0 Å². The SMILES string of the molecule is CC(CCO)NC(=O)c1ccccc1C(=O)c1cccs1. The van der Waals surface area contributed by atoms with Gasteiger partial charge in [-0.2, -0.15) is 0 Å². The molecule has 5 heteroatoms. The third-order valence-electron chi connectivity index (χ3n) is 3.10. The van der Waals surface area contributed by atoms with Crippen LogP contribution in [0, 0.1) is 0 Å². The number of hydrogen-bond acceptors (Lipinski definition) is 4. The van der Waals surface area contributed by atoms with Crippen LogP contribution in [0.15, 0.2) is 41.8 Å². The van der Waals surface area contributed by atoms with E-state index in [4.69, 9.17) is 5.11 Å². The molecule has 0 aliphatic heterocycles. The fourth-order valence-corrected chi connectivity index (χ4v) is 2.66. The number of aliphatic hydroxyl groups is 1. The van der Waals surface area contributed by atoms with Gasteiger partial charge in [-0.05, 0) is 30.9 Å². The second kappa shape index (κ2) is 7.15. The summed E-state index contributed by atoms with van der Waals surface area (Å²) in [6.07, 6.45) is 0.479. The fraction of sp³-hybridized carbons (Fsp3) is 0.250. The van der Waals surface area contributed by atoms with Crippen molar-refractivity contribution in [3.8, 4) is 0 Å². The summed E-state index contributed by atoms with van der Waals surface area (Å²) >= 11 is 1.35. The molecule has 0 saturated carbocycles. The minimum Gasteiger partial charge on any atom is -0.396 e. The molecule has 1 heterocycles. The van der Waals surface area contributed by atoms with E-state index in [2.05, 4.69) is 5.32 Å². The van der Waals surface area contributed by atoms with Crippen LogP contribution in [0.4, 0.5) is 0 Å². The largest absolute Gasteiger partial charge is 0.396 e. The molecule has 2 rings (SSSR count). The van der Waals surface area contributed by atoms with Crippen molar-refractivity contribution in [2.24, 2.45) is 0 Å². The third kappa shape index (κ3) is 3.77. The van der Waals surface area contributed by atoms with Crippen LogP contribution in [-0.2, 0) is 0 Å². The molecular weight excluding hydrogens is 286 g/mol. The molecule has 1 unspecified atom stereocenters. The summed E-state index contributed by atoms with van der Waals surface area (Å²) in [5, 5.41) is 13.5. The van der Waals surface area contributed by atoms with Gasteiger partial charge in [-0.1, -0.05) is 24.3 Å². The molecule has 110 valence electrons. The number of hydrogen-bond donors (Lipinski definition) is 2. The van der Waals surface area contributed by atoms with Gasteiger partial charge in [0.25, 0.3) is 5.91 Å². The first-order valence-corrected chi connectivity index (χ1v) is 7.60. The lowest BCUT2D eigenvalue weighted by molar-refractivity contribution is 0.0924. The van der Waals surface area contributed by atoms with E-state index in [1.165, 1.54) is 11.3 Å². The van der Waals surface area contributed by atoms with E-state index in [0.717, 1.165) is 0 Å². The Morgan fingerprint density at radius 1 is 1.19 bits per heavy atom. The second-order valence-corrected chi connectivity index (χ2v) is 5.69. The summed E-state index contributed by atoms with van der Waals surface area (Å²) in [5.74, 6) is -0.443. The Labute approximate surface area is 127 Å². The van der Waals surface area contributed by atoms with Gasteiger partial charge < -0.3 is 10.4 Å². The molecule has 0 aliphatic carbocycles. The lowest BCUT2D eigenvalue weighted by atomic mass is 10.0. The summed E-state index contributed by atoms with van der Waals surface area (Å²) in [7, 11) is 0. The van der Waals surface area contributed by atoms with Crippen LogP contribution in [0.1, 0.15) is 38.9 Å². The molecule has 0 radical (unpaired) electrons. The lowest BCUT2D eigenvalue weighted by Gasteiger charge is -2.14. The average Bonchev–Trinajstić information content (AvgIpc) is 3.01. The normalized spacial score (nSPS) is 11.9. The molecule has 2 aromatic rings. The van der Waals surface area contributed by atoms with Crippen molar-refractivity contribution in [2.75, 3.05) is 6.61 Å². The molecule has 1 aromatic heterocycles. The predicted octanol–water partition coefficient (Wildman–Crippen LogP) is 2.48. The highest BCUT2D eigenvalue weighted by atomic mass is 32.1. The van der Waals surface area contributed by atoms with Crippen LogP contribution in [0.25, 0.3) is 0 Å². The van der Waals surface area contributed by atoms with Gasteiger partial charge in [0.2, 0.25) is 5.78 Å². The molecule has 1 aromatic carbocycles. The Balaban J connectivity index is 2.25. The molecule has 0 aliphatic rings. The van der Waals surface area contributed by atoms with Crippen LogP contribution in [0.5, 0.6) is 0 Å². The number of ketones is 1. The third-order valence-corrected chi connectivity index (χ3v) is 3.97. The standard InChI is InChI=1S/C16H17NO3S/c1-11(8-9-18)17-16(20)13-6-3-2-5-12(13)15(19)14-7-4-10-21-14/h2-7,10-11,18H,8-9H2,1H3,(H,17,20). The molecule has 0 spiro atoms. The summed E-state index contributed by atoms with van der Waals surface area (Å²) in [6, 6.07) is 10.2. The van der Waals surface area contributed by atoms with Gasteiger partial charge in [0, 0.05) is 18.2 Å². The molecule has 1 amide bonds. The number of benzene rings is 1. The number of carbonyl (C=O) groups excluding carboxylic acids is 2. The first-order chi connectivity index (χ1) is 10.1. The zero-order valence-electron chi connectivity index (χ0n) is 11.7. The topological polar surface area (TPSA) is 66.4 Å². The Morgan fingerprint density at radius 2 is 1.90 bits per heavy atom. The zero-order valence-corrected chi connectivity index (χ0v) is 12.5. The molecule has 2 N–H and O–H groups in total. The first-order valence-electron chi connectivity index (χ1n) is 6.72. The summed E-state index contributed by atoms with van der Waals surface area (Å²) < 4.78 is 0. The van der Waals surface area contributed by atoms with Gasteiger partial charge in [0.15, 0.2) is 0 Å². The Hall–Kier alpha value is -1.98. The minimum absolute atomic E-state index is 0.0111. The smallest absolute Gasteiger partial charge is 0.252 e. The quantitative estimate of drug-likeness (QED) is 0.806. The van der Waals surface area contributed by atoms with Gasteiger partial charge in [-0.25, -0.2) is 0 Å². The van der Waals surface area contributed by atoms with Crippen molar-refractivity contribution in [3.63, 3.8) is 0 Å². The van der Waals surface area contributed by atoms with Gasteiger partial charge in [0.05, 0.1) is 10.4 Å². The van der Waals surface area contributed by atoms with E-state index in [0.29, 0.717) is 22.4 Å². The van der Waals surface area contributed by atoms with Gasteiger partial charge in [-0.3, -0.25) is 9.59 Å². The number of nitrogens with one attached hydrogen (secondary N) is 1. The summed E-state index contributed by atoms with van der Waals surface area (Å²) in [4.78, 5) is 25.3. The van der Waals surface area contributed by atoms with Crippen molar-refractivity contribution in [1.29, 1.82) is 0 Å². The number of carbonyl (C=O) groups is 2.